The SMILES string of the molecule is COc1c(CCl)cccc1OC(F)(F)F. The quantitative estimate of drug-likeness (QED) is 0.755. The number of halogens is 4. The van der Waals surface area contributed by atoms with Gasteiger partial charge in [0, 0.05) is 5.56 Å². The Balaban J connectivity index is 3.06. The second-order valence-electron chi connectivity index (χ2n) is 2.63. The predicted octanol–water partition coefficient (Wildman–Crippen LogP) is 3.33. The van der Waals surface area contributed by atoms with Crippen molar-refractivity contribution in [3.63, 3.8) is 0 Å². The molecule has 0 amide bonds. The van der Waals surface area contributed by atoms with E-state index in [0.29, 0.717) is 5.56 Å². The minimum atomic E-state index is -4.74. The van der Waals surface area contributed by atoms with Crippen LogP contribution in [0, 0.1) is 0 Å². The Bertz CT molecular complexity index is 339. The van der Waals surface area contributed by atoms with Gasteiger partial charge in [0.15, 0.2) is 11.5 Å². The Morgan fingerprint density at radius 3 is 2.47 bits per heavy atom. The molecule has 0 saturated carbocycles. The molecule has 1 rings (SSSR count). The average molecular weight is 241 g/mol. The molecule has 0 atom stereocenters. The van der Waals surface area contributed by atoms with Crippen LogP contribution in [0.2, 0.25) is 0 Å². The first-order valence-corrected chi connectivity index (χ1v) is 4.49. The molecule has 0 unspecified atom stereocenters. The molecule has 0 N–H and O–H groups in total. The highest BCUT2D eigenvalue weighted by molar-refractivity contribution is 6.17. The smallest absolute Gasteiger partial charge is 0.493 e. The third-order valence-corrected chi connectivity index (χ3v) is 1.92. The fraction of sp³-hybridized carbons (Fsp3) is 0.333. The standard InChI is InChI=1S/C9H8ClF3O2/c1-14-8-6(5-10)3-2-4-7(8)15-9(11,12)13/h2-4H,5H2,1H3. The van der Waals surface area contributed by atoms with E-state index in [4.69, 9.17) is 16.3 Å². The summed E-state index contributed by atoms with van der Waals surface area (Å²) < 4.78 is 44.5. The van der Waals surface area contributed by atoms with E-state index >= 15 is 0 Å². The van der Waals surface area contributed by atoms with Gasteiger partial charge in [0.1, 0.15) is 0 Å². The molecule has 0 fully saturated rings. The van der Waals surface area contributed by atoms with Gasteiger partial charge >= 0.3 is 6.36 Å². The van der Waals surface area contributed by atoms with E-state index in [-0.39, 0.29) is 17.4 Å². The summed E-state index contributed by atoms with van der Waals surface area (Å²) in [4.78, 5) is 0. The molecule has 1 aromatic rings. The zero-order valence-electron chi connectivity index (χ0n) is 7.77. The number of benzene rings is 1. The second-order valence-corrected chi connectivity index (χ2v) is 2.90. The van der Waals surface area contributed by atoms with Crippen LogP contribution in [0.1, 0.15) is 5.56 Å². The van der Waals surface area contributed by atoms with Crippen molar-refractivity contribution in [2.45, 2.75) is 12.2 Å². The molecule has 84 valence electrons. The zero-order chi connectivity index (χ0) is 11.5. The van der Waals surface area contributed by atoms with Crippen molar-refractivity contribution in [2.75, 3.05) is 7.11 Å². The number of ether oxygens (including phenoxy) is 2. The molecule has 2 nitrogen and oxygen atoms in total. The van der Waals surface area contributed by atoms with Crippen molar-refractivity contribution in [1.29, 1.82) is 0 Å². The molecule has 6 heteroatoms. The van der Waals surface area contributed by atoms with E-state index in [1.165, 1.54) is 19.2 Å². The van der Waals surface area contributed by atoms with Crippen LogP contribution in [-0.4, -0.2) is 13.5 Å². The van der Waals surface area contributed by atoms with Crippen molar-refractivity contribution in [3.05, 3.63) is 23.8 Å². The Morgan fingerprint density at radius 2 is 2.00 bits per heavy atom. The summed E-state index contributed by atoms with van der Waals surface area (Å²) in [7, 11) is 1.26. The van der Waals surface area contributed by atoms with E-state index in [1.807, 2.05) is 0 Å². The average Bonchev–Trinajstić information content (AvgIpc) is 2.15. The van der Waals surface area contributed by atoms with Gasteiger partial charge in [0.2, 0.25) is 0 Å². The number of alkyl halides is 4. The van der Waals surface area contributed by atoms with Crippen LogP contribution >= 0.6 is 11.6 Å². The lowest BCUT2D eigenvalue weighted by atomic mass is 10.2. The Labute approximate surface area is 89.6 Å². The molecule has 0 bridgehead atoms. The number of rotatable bonds is 3. The largest absolute Gasteiger partial charge is 0.573 e. The molecule has 0 spiro atoms. The molecule has 0 aliphatic rings. The molecule has 15 heavy (non-hydrogen) atoms. The van der Waals surface area contributed by atoms with Gasteiger partial charge in [0.05, 0.1) is 13.0 Å². The highest BCUT2D eigenvalue weighted by Crippen LogP contribution is 2.35. The third kappa shape index (κ3) is 3.20. The maximum atomic E-state index is 12.0. The first-order chi connectivity index (χ1) is 6.98. The lowest BCUT2D eigenvalue weighted by Gasteiger charge is -2.14. The maximum absolute atomic E-state index is 12.0. The maximum Gasteiger partial charge on any atom is 0.573 e. The topological polar surface area (TPSA) is 18.5 Å². The van der Waals surface area contributed by atoms with Crippen LogP contribution in [-0.2, 0) is 5.88 Å². The second kappa shape index (κ2) is 4.61. The van der Waals surface area contributed by atoms with Crippen molar-refractivity contribution < 1.29 is 22.6 Å². The number of hydrogen-bond acceptors (Lipinski definition) is 2. The van der Waals surface area contributed by atoms with Crippen molar-refractivity contribution in [2.24, 2.45) is 0 Å². The first kappa shape index (κ1) is 12.0. The molecule has 0 aromatic heterocycles. The van der Waals surface area contributed by atoms with Crippen LogP contribution in [0.5, 0.6) is 11.5 Å². The fourth-order valence-electron chi connectivity index (χ4n) is 1.10. The van der Waals surface area contributed by atoms with Crippen LogP contribution in [0.25, 0.3) is 0 Å². The summed E-state index contributed by atoms with van der Waals surface area (Å²) in [6.07, 6.45) is -4.74. The van der Waals surface area contributed by atoms with Gasteiger partial charge in [-0.25, -0.2) is 0 Å². The van der Waals surface area contributed by atoms with Crippen LogP contribution in [0.15, 0.2) is 18.2 Å². The van der Waals surface area contributed by atoms with Gasteiger partial charge < -0.3 is 9.47 Å². The van der Waals surface area contributed by atoms with Crippen LogP contribution < -0.4 is 9.47 Å². The van der Waals surface area contributed by atoms with E-state index < -0.39 is 6.36 Å². The van der Waals surface area contributed by atoms with Crippen molar-refractivity contribution >= 4 is 11.6 Å². The van der Waals surface area contributed by atoms with E-state index in [1.54, 1.807) is 6.07 Å². The van der Waals surface area contributed by atoms with Gasteiger partial charge in [0.25, 0.3) is 0 Å². The highest BCUT2D eigenvalue weighted by atomic mass is 35.5. The summed E-state index contributed by atoms with van der Waals surface area (Å²) in [5.41, 5.74) is 0.445. The number of hydrogen-bond donors (Lipinski definition) is 0. The summed E-state index contributed by atoms with van der Waals surface area (Å²) in [6.45, 7) is 0. The molecular weight excluding hydrogens is 233 g/mol. The first-order valence-electron chi connectivity index (χ1n) is 3.95. The Morgan fingerprint density at radius 1 is 1.33 bits per heavy atom. The number of para-hydroxylation sites is 1. The van der Waals surface area contributed by atoms with E-state index in [0.717, 1.165) is 0 Å². The predicted molar refractivity (Wildman–Crippen MR) is 49.2 cm³/mol. The Hall–Kier alpha value is -1.10. The zero-order valence-corrected chi connectivity index (χ0v) is 8.52. The minimum absolute atomic E-state index is 0.00447. The van der Waals surface area contributed by atoms with Crippen LogP contribution in [0.4, 0.5) is 13.2 Å². The monoisotopic (exact) mass is 240 g/mol. The molecule has 0 aliphatic carbocycles. The highest BCUT2D eigenvalue weighted by Gasteiger charge is 2.32. The normalized spacial score (nSPS) is 11.3. The molecule has 0 radical (unpaired) electrons. The molecule has 1 aromatic carbocycles. The van der Waals surface area contributed by atoms with Gasteiger partial charge in [-0.15, -0.1) is 24.8 Å². The van der Waals surface area contributed by atoms with Crippen LogP contribution in [0.3, 0.4) is 0 Å². The molecule has 0 aliphatic heterocycles. The van der Waals surface area contributed by atoms with Gasteiger partial charge in [-0.1, -0.05) is 12.1 Å². The minimum Gasteiger partial charge on any atom is -0.493 e. The van der Waals surface area contributed by atoms with E-state index in [2.05, 4.69) is 4.74 Å². The van der Waals surface area contributed by atoms with Crippen molar-refractivity contribution in [3.8, 4) is 11.5 Å². The van der Waals surface area contributed by atoms with E-state index in [9.17, 15) is 13.2 Å². The molecule has 0 saturated heterocycles. The lowest BCUT2D eigenvalue weighted by molar-refractivity contribution is -0.275. The lowest BCUT2D eigenvalue weighted by Crippen LogP contribution is -2.17. The van der Waals surface area contributed by atoms with Gasteiger partial charge in [-0.3, -0.25) is 0 Å². The van der Waals surface area contributed by atoms with Crippen molar-refractivity contribution in [1.82, 2.24) is 0 Å². The molecular formula is C9H8ClF3O2. The summed E-state index contributed by atoms with van der Waals surface area (Å²) in [5, 5.41) is 0. The summed E-state index contributed by atoms with van der Waals surface area (Å²) >= 11 is 5.54. The summed E-state index contributed by atoms with van der Waals surface area (Å²) in [6, 6.07) is 4.15. The summed E-state index contributed by atoms with van der Waals surface area (Å²) in [5.74, 6) is -0.328. The number of methoxy groups -OCH3 is 1. The third-order valence-electron chi connectivity index (χ3n) is 1.63. The molecule has 0 heterocycles. The fourth-order valence-corrected chi connectivity index (χ4v) is 1.31. The van der Waals surface area contributed by atoms with Gasteiger partial charge in [-0.2, -0.15) is 0 Å². The van der Waals surface area contributed by atoms with Gasteiger partial charge in [-0.05, 0) is 6.07 Å². The Kier molecular flexibility index (Phi) is 3.68.